The summed E-state index contributed by atoms with van der Waals surface area (Å²) in [5.41, 5.74) is 2.98. The highest BCUT2D eigenvalue weighted by molar-refractivity contribution is 5.58. The van der Waals surface area contributed by atoms with Crippen molar-refractivity contribution >= 4 is 11.4 Å². The Kier molecular flexibility index (Phi) is 3.86. The Morgan fingerprint density at radius 2 is 1.80 bits per heavy atom. The fourth-order valence-electron chi connectivity index (χ4n) is 2.63. The normalized spacial score (nSPS) is 14.6. The third-order valence-corrected chi connectivity index (χ3v) is 3.76. The summed E-state index contributed by atoms with van der Waals surface area (Å²) in [6.07, 6.45) is 2.54. The largest absolute Gasteiger partial charge is 0.381 e. The Morgan fingerprint density at radius 1 is 1.00 bits per heavy atom. The minimum Gasteiger partial charge on any atom is -0.381 e. The number of benzene rings is 2. The second-order valence-corrected chi connectivity index (χ2v) is 5.19. The fourth-order valence-corrected chi connectivity index (χ4v) is 2.63. The smallest absolute Gasteiger partial charge is 0.128 e. The van der Waals surface area contributed by atoms with Gasteiger partial charge in [0.25, 0.3) is 0 Å². The molecule has 1 saturated heterocycles. The standard InChI is InChI=1S/C17H19FN2/c18-17-9-2-1-6-14(17)13-19-15-7-5-8-16(12-15)20-10-3-4-11-20/h1-2,5-9,12,19H,3-4,10-11,13H2. The van der Waals surface area contributed by atoms with Crippen LogP contribution in [0.15, 0.2) is 48.5 Å². The van der Waals surface area contributed by atoms with E-state index in [-0.39, 0.29) is 5.82 Å². The molecule has 1 aliphatic heterocycles. The number of halogens is 1. The maximum absolute atomic E-state index is 13.6. The van der Waals surface area contributed by atoms with Gasteiger partial charge in [0.2, 0.25) is 0 Å². The zero-order chi connectivity index (χ0) is 13.8. The molecule has 20 heavy (non-hydrogen) atoms. The highest BCUT2D eigenvalue weighted by atomic mass is 19.1. The van der Waals surface area contributed by atoms with Gasteiger partial charge < -0.3 is 10.2 Å². The molecule has 104 valence electrons. The number of anilines is 2. The van der Waals surface area contributed by atoms with Crippen LogP contribution in [0.1, 0.15) is 18.4 Å². The molecule has 0 saturated carbocycles. The molecular formula is C17H19FN2. The first-order valence-corrected chi connectivity index (χ1v) is 7.15. The van der Waals surface area contributed by atoms with Crippen LogP contribution < -0.4 is 10.2 Å². The van der Waals surface area contributed by atoms with Crippen molar-refractivity contribution in [3.05, 3.63) is 59.9 Å². The van der Waals surface area contributed by atoms with Gasteiger partial charge in [-0.3, -0.25) is 0 Å². The van der Waals surface area contributed by atoms with Gasteiger partial charge in [-0.25, -0.2) is 4.39 Å². The summed E-state index contributed by atoms with van der Waals surface area (Å²) in [6, 6.07) is 15.3. The number of nitrogens with one attached hydrogen (secondary N) is 1. The molecule has 0 aliphatic carbocycles. The van der Waals surface area contributed by atoms with Crippen molar-refractivity contribution in [2.45, 2.75) is 19.4 Å². The summed E-state index contributed by atoms with van der Waals surface area (Å²) in [5.74, 6) is -0.157. The third kappa shape index (κ3) is 2.93. The van der Waals surface area contributed by atoms with Crippen LogP contribution >= 0.6 is 0 Å². The molecular weight excluding hydrogens is 251 g/mol. The van der Waals surface area contributed by atoms with Crippen molar-refractivity contribution in [2.75, 3.05) is 23.3 Å². The van der Waals surface area contributed by atoms with E-state index in [0.717, 1.165) is 18.8 Å². The first kappa shape index (κ1) is 13.0. The quantitative estimate of drug-likeness (QED) is 0.902. The summed E-state index contributed by atoms with van der Waals surface area (Å²) < 4.78 is 13.6. The van der Waals surface area contributed by atoms with Gasteiger partial charge in [0.1, 0.15) is 5.82 Å². The van der Waals surface area contributed by atoms with Crippen molar-refractivity contribution in [3.63, 3.8) is 0 Å². The van der Waals surface area contributed by atoms with Crippen molar-refractivity contribution in [1.29, 1.82) is 0 Å². The zero-order valence-corrected chi connectivity index (χ0v) is 11.5. The van der Waals surface area contributed by atoms with E-state index in [1.165, 1.54) is 24.6 Å². The minimum absolute atomic E-state index is 0.157. The SMILES string of the molecule is Fc1ccccc1CNc1cccc(N2CCCC2)c1. The average molecular weight is 270 g/mol. The van der Waals surface area contributed by atoms with Crippen LogP contribution in [-0.2, 0) is 6.54 Å². The Hall–Kier alpha value is -2.03. The van der Waals surface area contributed by atoms with Gasteiger partial charge in [0, 0.05) is 36.6 Å². The van der Waals surface area contributed by atoms with Gasteiger partial charge in [-0.2, -0.15) is 0 Å². The first-order chi connectivity index (χ1) is 9.83. The van der Waals surface area contributed by atoms with E-state index in [4.69, 9.17) is 0 Å². The Labute approximate surface area is 119 Å². The Bertz CT molecular complexity index is 577. The van der Waals surface area contributed by atoms with Gasteiger partial charge in [-0.15, -0.1) is 0 Å². The average Bonchev–Trinajstić information content (AvgIpc) is 3.01. The topological polar surface area (TPSA) is 15.3 Å². The fraction of sp³-hybridized carbons (Fsp3) is 0.294. The lowest BCUT2D eigenvalue weighted by Crippen LogP contribution is -2.17. The molecule has 0 unspecified atom stereocenters. The second kappa shape index (κ2) is 5.95. The van der Waals surface area contributed by atoms with Crippen LogP contribution in [0, 0.1) is 5.82 Å². The van der Waals surface area contributed by atoms with Gasteiger partial charge in [-0.05, 0) is 37.1 Å². The molecule has 0 radical (unpaired) electrons. The first-order valence-electron chi connectivity index (χ1n) is 7.15. The highest BCUT2D eigenvalue weighted by Gasteiger charge is 2.12. The predicted molar refractivity (Wildman–Crippen MR) is 81.6 cm³/mol. The van der Waals surface area contributed by atoms with E-state index >= 15 is 0 Å². The molecule has 1 aliphatic rings. The van der Waals surface area contributed by atoms with Crippen molar-refractivity contribution < 1.29 is 4.39 Å². The molecule has 0 spiro atoms. The molecule has 2 aromatic rings. The summed E-state index contributed by atoms with van der Waals surface area (Å²) in [5, 5.41) is 3.30. The summed E-state index contributed by atoms with van der Waals surface area (Å²) >= 11 is 0. The van der Waals surface area contributed by atoms with Crippen LogP contribution in [-0.4, -0.2) is 13.1 Å². The molecule has 1 fully saturated rings. The maximum Gasteiger partial charge on any atom is 0.128 e. The monoisotopic (exact) mass is 270 g/mol. The van der Waals surface area contributed by atoms with E-state index in [9.17, 15) is 4.39 Å². The molecule has 0 amide bonds. The zero-order valence-electron chi connectivity index (χ0n) is 11.5. The molecule has 3 heteroatoms. The predicted octanol–water partition coefficient (Wildman–Crippen LogP) is 4.04. The van der Waals surface area contributed by atoms with Gasteiger partial charge in [-0.1, -0.05) is 24.3 Å². The number of nitrogens with zero attached hydrogens (tertiary/aromatic N) is 1. The van der Waals surface area contributed by atoms with E-state index < -0.39 is 0 Å². The lowest BCUT2D eigenvalue weighted by atomic mass is 10.2. The molecule has 0 atom stereocenters. The highest BCUT2D eigenvalue weighted by Crippen LogP contribution is 2.23. The van der Waals surface area contributed by atoms with Crippen LogP contribution in [0.3, 0.4) is 0 Å². The third-order valence-electron chi connectivity index (χ3n) is 3.76. The molecule has 0 bridgehead atoms. The van der Waals surface area contributed by atoms with E-state index in [1.807, 2.05) is 18.2 Å². The minimum atomic E-state index is -0.157. The maximum atomic E-state index is 13.6. The van der Waals surface area contributed by atoms with Crippen LogP contribution in [0.2, 0.25) is 0 Å². The summed E-state index contributed by atoms with van der Waals surface area (Å²) in [4.78, 5) is 2.40. The molecule has 3 rings (SSSR count). The number of hydrogen-bond donors (Lipinski definition) is 1. The molecule has 2 nitrogen and oxygen atoms in total. The molecule has 1 heterocycles. The molecule has 1 N–H and O–H groups in total. The lowest BCUT2D eigenvalue weighted by molar-refractivity contribution is 0.613. The van der Waals surface area contributed by atoms with E-state index in [1.54, 1.807) is 6.07 Å². The Balaban J connectivity index is 1.68. The van der Waals surface area contributed by atoms with Gasteiger partial charge in [0.05, 0.1) is 0 Å². The lowest BCUT2D eigenvalue weighted by Gasteiger charge is -2.18. The number of rotatable bonds is 4. The Morgan fingerprint density at radius 3 is 2.60 bits per heavy atom. The van der Waals surface area contributed by atoms with Gasteiger partial charge in [0.15, 0.2) is 0 Å². The molecule has 0 aromatic heterocycles. The second-order valence-electron chi connectivity index (χ2n) is 5.19. The summed E-state index contributed by atoms with van der Waals surface area (Å²) in [6.45, 7) is 2.78. The van der Waals surface area contributed by atoms with Crippen LogP contribution in [0.25, 0.3) is 0 Å². The van der Waals surface area contributed by atoms with E-state index in [0.29, 0.717) is 12.1 Å². The van der Waals surface area contributed by atoms with Crippen molar-refractivity contribution in [2.24, 2.45) is 0 Å². The van der Waals surface area contributed by atoms with Crippen LogP contribution in [0.4, 0.5) is 15.8 Å². The molecule has 2 aromatic carbocycles. The van der Waals surface area contributed by atoms with Gasteiger partial charge >= 0.3 is 0 Å². The van der Waals surface area contributed by atoms with Crippen LogP contribution in [0.5, 0.6) is 0 Å². The summed E-state index contributed by atoms with van der Waals surface area (Å²) in [7, 11) is 0. The number of hydrogen-bond acceptors (Lipinski definition) is 2. The van der Waals surface area contributed by atoms with Crippen molar-refractivity contribution in [1.82, 2.24) is 0 Å². The van der Waals surface area contributed by atoms with E-state index in [2.05, 4.69) is 28.4 Å². The van der Waals surface area contributed by atoms with Crippen molar-refractivity contribution in [3.8, 4) is 0 Å².